The molecule has 24 heavy (non-hydrogen) atoms. The molecule has 0 unspecified atom stereocenters. The van der Waals surface area contributed by atoms with Crippen molar-refractivity contribution in [2.45, 2.75) is 18.5 Å². The minimum absolute atomic E-state index is 0.0118. The van der Waals surface area contributed by atoms with E-state index in [1.807, 2.05) is 13.0 Å². The van der Waals surface area contributed by atoms with Crippen LogP contribution in [0.25, 0.3) is 0 Å². The van der Waals surface area contributed by atoms with Crippen LogP contribution in [0.15, 0.2) is 23.6 Å². The first kappa shape index (κ1) is 16.8. The fourth-order valence-corrected chi connectivity index (χ4v) is 3.36. The van der Waals surface area contributed by atoms with E-state index in [1.54, 1.807) is 11.6 Å². The summed E-state index contributed by atoms with van der Waals surface area (Å²) < 4.78 is 33.8. The number of nitrogens with zero attached hydrogens (tertiary/aromatic N) is 5. The molecule has 10 heteroatoms. The molecule has 0 aliphatic carbocycles. The van der Waals surface area contributed by atoms with Crippen LogP contribution in [-0.2, 0) is 28.4 Å². The third kappa shape index (κ3) is 3.89. The van der Waals surface area contributed by atoms with Crippen molar-refractivity contribution in [1.29, 1.82) is 0 Å². The molecule has 1 N–H and O–H groups in total. The Labute approximate surface area is 140 Å². The second-order valence-electron chi connectivity index (χ2n) is 5.59. The lowest BCUT2D eigenvalue weighted by Crippen LogP contribution is -2.37. The van der Waals surface area contributed by atoms with Crippen LogP contribution in [-0.4, -0.2) is 54.2 Å². The molecule has 0 radical (unpaired) electrons. The average Bonchev–Trinajstić information content (AvgIpc) is 3.01. The molecule has 0 amide bonds. The number of sulfonamides is 1. The number of nitrogens with one attached hydrogen (secondary N) is 1. The third-order valence-electron chi connectivity index (χ3n) is 3.60. The largest absolute Gasteiger partial charge is 0.378 e. The van der Waals surface area contributed by atoms with Gasteiger partial charge in [0.15, 0.2) is 5.03 Å². The Bertz CT molecular complexity index is 814. The molecule has 1 fully saturated rings. The standard InChI is InChI=1S/C14H20N6O3S/c1-11-7-13(20-3-5-23-6-4-20)18-12(17-11)8-16-24(21,22)14-9-19(2)10-15-14/h7,9-10,16H,3-6,8H2,1-2H3. The number of aryl methyl sites for hydroxylation is 2. The number of hydrogen-bond donors (Lipinski definition) is 1. The number of rotatable bonds is 5. The van der Waals surface area contributed by atoms with Crippen LogP contribution in [0.2, 0.25) is 0 Å². The summed E-state index contributed by atoms with van der Waals surface area (Å²) in [5.74, 6) is 1.22. The topological polar surface area (TPSA) is 102 Å². The lowest BCUT2D eigenvalue weighted by atomic mass is 10.3. The highest BCUT2D eigenvalue weighted by Gasteiger charge is 2.18. The molecule has 0 atom stereocenters. The molecule has 3 rings (SSSR count). The lowest BCUT2D eigenvalue weighted by molar-refractivity contribution is 0.122. The van der Waals surface area contributed by atoms with Gasteiger partial charge in [-0.05, 0) is 6.92 Å². The predicted octanol–water partition coefficient (Wildman–Crippen LogP) is -0.166. The van der Waals surface area contributed by atoms with Crippen LogP contribution in [0.5, 0.6) is 0 Å². The highest BCUT2D eigenvalue weighted by atomic mass is 32.2. The van der Waals surface area contributed by atoms with Crippen LogP contribution >= 0.6 is 0 Å². The fourth-order valence-electron chi connectivity index (χ4n) is 2.41. The SMILES string of the molecule is Cc1cc(N2CCOCC2)nc(CNS(=O)(=O)c2cn(C)cn2)n1. The number of hydrogen-bond acceptors (Lipinski definition) is 7. The minimum Gasteiger partial charge on any atom is -0.378 e. The maximum atomic E-state index is 12.2. The maximum Gasteiger partial charge on any atom is 0.259 e. The van der Waals surface area contributed by atoms with Gasteiger partial charge in [-0.25, -0.2) is 28.1 Å². The van der Waals surface area contributed by atoms with Gasteiger partial charge < -0.3 is 14.2 Å². The van der Waals surface area contributed by atoms with Gasteiger partial charge in [-0.2, -0.15) is 0 Å². The molecule has 130 valence electrons. The molecular formula is C14H20N6O3S. The van der Waals surface area contributed by atoms with E-state index >= 15 is 0 Å². The zero-order valence-corrected chi connectivity index (χ0v) is 14.5. The molecule has 2 aromatic heterocycles. The monoisotopic (exact) mass is 352 g/mol. The van der Waals surface area contributed by atoms with Crippen LogP contribution in [0.4, 0.5) is 5.82 Å². The van der Waals surface area contributed by atoms with Gasteiger partial charge in [-0.3, -0.25) is 0 Å². The molecule has 2 aromatic rings. The molecule has 1 aliphatic heterocycles. The Balaban J connectivity index is 1.74. The first-order valence-electron chi connectivity index (χ1n) is 7.59. The summed E-state index contributed by atoms with van der Waals surface area (Å²) in [7, 11) is -1.97. The van der Waals surface area contributed by atoms with E-state index in [4.69, 9.17) is 4.74 Å². The van der Waals surface area contributed by atoms with Gasteiger partial charge in [-0.15, -0.1) is 0 Å². The Morgan fingerprint density at radius 3 is 2.71 bits per heavy atom. The summed E-state index contributed by atoms with van der Waals surface area (Å²) in [6.45, 7) is 4.71. The van der Waals surface area contributed by atoms with Crippen LogP contribution in [0, 0.1) is 6.92 Å². The molecule has 9 nitrogen and oxygen atoms in total. The van der Waals surface area contributed by atoms with Crippen molar-refractivity contribution in [2.75, 3.05) is 31.2 Å². The predicted molar refractivity (Wildman–Crippen MR) is 87.0 cm³/mol. The van der Waals surface area contributed by atoms with Crippen molar-refractivity contribution in [3.8, 4) is 0 Å². The molecule has 0 saturated carbocycles. The molecule has 3 heterocycles. The number of ether oxygens (including phenoxy) is 1. The summed E-state index contributed by atoms with van der Waals surface area (Å²) in [4.78, 5) is 14.7. The van der Waals surface area contributed by atoms with E-state index in [2.05, 4.69) is 24.6 Å². The van der Waals surface area contributed by atoms with Gasteiger partial charge in [0.25, 0.3) is 10.0 Å². The van der Waals surface area contributed by atoms with E-state index < -0.39 is 10.0 Å². The van der Waals surface area contributed by atoms with E-state index in [0.717, 1.165) is 24.6 Å². The smallest absolute Gasteiger partial charge is 0.259 e. The Morgan fingerprint density at radius 1 is 1.29 bits per heavy atom. The Hall–Kier alpha value is -2.04. The van der Waals surface area contributed by atoms with Gasteiger partial charge in [-0.1, -0.05) is 0 Å². The fraction of sp³-hybridized carbons (Fsp3) is 0.500. The number of morpholine rings is 1. The normalized spacial score (nSPS) is 15.7. The first-order chi connectivity index (χ1) is 11.4. The zero-order chi connectivity index (χ0) is 17.2. The second kappa shape index (κ2) is 6.83. The first-order valence-corrected chi connectivity index (χ1v) is 9.07. The molecular weight excluding hydrogens is 332 g/mol. The van der Waals surface area contributed by atoms with Crippen molar-refractivity contribution in [3.05, 3.63) is 30.1 Å². The molecule has 1 aliphatic rings. The molecule has 0 bridgehead atoms. The van der Waals surface area contributed by atoms with E-state index in [9.17, 15) is 8.42 Å². The summed E-state index contributed by atoms with van der Waals surface area (Å²) >= 11 is 0. The Kier molecular flexibility index (Phi) is 4.78. The van der Waals surface area contributed by atoms with Crippen molar-refractivity contribution in [1.82, 2.24) is 24.2 Å². The second-order valence-corrected chi connectivity index (χ2v) is 7.30. The number of imidazole rings is 1. The van der Waals surface area contributed by atoms with Crippen molar-refractivity contribution in [3.63, 3.8) is 0 Å². The molecule has 0 spiro atoms. The van der Waals surface area contributed by atoms with Crippen LogP contribution < -0.4 is 9.62 Å². The van der Waals surface area contributed by atoms with Gasteiger partial charge in [0.2, 0.25) is 0 Å². The van der Waals surface area contributed by atoms with Crippen LogP contribution in [0.1, 0.15) is 11.5 Å². The van der Waals surface area contributed by atoms with Crippen molar-refractivity contribution >= 4 is 15.8 Å². The summed E-state index contributed by atoms with van der Waals surface area (Å²) in [6.07, 6.45) is 2.88. The van der Waals surface area contributed by atoms with Gasteiger partial charge >= 0.3 is 0 Å². The van der Waals surface area contributed by atoms with Gasteiger partial charge in [0.1, 0.15) is 11.6 Å². The van der Waals surface area contributed by atoms with E-state index in [1.165, 1.54) is 12.5 Å². The minimum atomic E-state index is -3.68. The van der Waals surface area contributed by atoms with E-state index in [0.29, 0.717) is 19.0 Å². The zero-order valence-electron chi connectivity index (χ0n) is 13.6. The summed E-state index contributed by atoms with van der Waals surface area (Å²) in [5, 5.41) is -0.0222. The van der Waals surface area contributed by atoms with Crippen molar-refractivity contribution in [2.24, 2.45) is 7.05 Å². The van der Waals surface area contributed by atoms with Gasteiger partial charge in [0.05, 0.1) is 26.1 Å². The molecule has 1 saturated heterocycles. The van der Waals surface area contributed by atoms with Gasteiger partial charge in [0, 0.05) is 38.1 Å². The molecule has 0 aromatic carbocycles. The highest BCUT2D eigenvalue weighted by Crippen LogP contribution is 2.14. The number of aromatic nitrogens is 4. The van der Waals surface area contributed by atoms with Crippen molar-refractivity contribution < 1.29 is 13.2 Å². The third-order valence-corrected chi connectivity index (χ3v) is 4.88. The average molecular weight is 352 g/mol. The highest BCUT2D eigenvalue weighted by molar-refractivity contribution is 7.89. The maximum absolute atomic E-state index is 12.2. The van der Waals surface area contributed by atoms with Crippen LogP contribution in [0.3, 0.4) is 0 Å². The Morgan fingerprint density at radius 2 is 2.04 bits per heavy atom. The summed E-state index contributed by atoms with van der Waals surface area (Å²) in [5.41, 5.74) is 0.790. The lowest BCUT2D eigenvalue weighted by Gasteiger charge is -2.28. The quantitative estimate of drug-likeness (QED) is 0.797. The number of anilines is 1. The summed E-state index contributed by atoms with van der Waals surface area (Å²) in [6, 6.07) is 1.89. The van der Waals surface area contributed by atoms with E-state index in [-0.39, 0.29) is 11.6 Å².